The number of nitrogens with zero attached hydrogens (tertiary/aromatic N) is 1. The van der Waals surface area contributed by atoms with Gasteiger partial charge in [-0.25, -0.2) is 4.98 Å². The fourth-order valence-electron chi connectivity index (χ4n) is 3.31. The highest BCUT2D eigenvalue weighted by molar-refractivity contribution is 5.78. The van der Waals surface area contributed by atoms with Gasteiger partial charge in [0.25, 0.3) is 0 Å². The summed E-state index contributed by atoms with van der Waals surface area (Å²) in [5.41, 5.74) is 3.13. The second kappa shape index (κ2) is 6.59. The summed E-state index contributed by atoms with van der Waals surface area (Å²) in [5.74, 6) is 2.18. The number of carbonyl (C=O) groups excluding carboxylic acids is 1. The van der Waals surface area contributed by atoms with Crippen LogP contribution in [0, 0.1) is 0 Å². The van der Waals surface area contributed by atoms with Crippen LogP contribution in [-0.2, 0) is 11.2 Å². The average Bonchev–Trinajstić information content (AvgIpc) is 3.26. The van der Waals surface area contributed by atoms with Gasteiger partial charge in [-0.2, -0.15) is 0 Å². The van der Waals surface area contributed by atoms with E-state index in [4.69, 9.17) is 4.74 Å². The summed E-state index contributed by atoms with van der Waals surface area (Å²) in [4.78, 5) is 20.0. The highest BCUT2D eigenvalue weighted by atomic mass is 16.5. The number of methoxy groups -OCH3 is 1. The number of hydrogen-bond donors (Lipinski definition) is 2. The van der Waals surface area contributed by atoms with E-state index in [9.17, 15) is 4.79 Å². The zero-order chi connectivity index (χ0) is 17.2. The van der Waals surface area contributed by atoms with Gasteiger partial charge in [-0.1, -0.05) is 30.3 Å². The van der Waals surface area contributed by atoms with Crippen LogP contribution in [0.4, 0.5) is 0 Å². The van der Waals surface area contributed by atoms with Crippen LogP contribution < -0.4 is 10.1 Å². The number of carbonyl (C=O) groups is 1. The molecule has 2 N–H and O–H groups in total. The highest BCUT2D eigenvalue weighted by Crippen LogP contribution is 2.44. The number of amides is 1. The van der Waals surface area contributed by atoms with E-state index in [1.54, 1.807) is 7.11 Å². The summed E-state index contributed by atoms with van der Waals surface area (Å²) in [6.07, 6.45) is 2.03. The van der Waals surface area contributed by atoms with Gasteiger partial charge in [-0.05, 0) is 30.2 Å². The minimum absolute atomic E-state index is 0.0721. The zero-order valence-corrected chi connectivity index (χ0v) is 14.2. The number of aromatic amines is 1. The second-order valence-corrected chi connectivity index (χ2v) is 6.46. The van der Waals surface area contributed by atoms with E-state index in [-0.39, 0.29) is 11.9 Å². The van der Waals surface area contributed by atoms with Gasteiger partial charge in [0.2, 0.25) is 5.91 Å². The van der Waals surface area contributed by atoms with Crippen molar-refractivity contribution in [2.75, 3.05) is 7.11 Å². The predicted molar refractivity (Wildman–Crippen MR) is 96.7 cm³/mol. The Morgan fingerprint density at radius 3 is 2.88 bits per heavy atom. The highest BCUT2D eigenvalue weighted by Gasteiger charge is 2.40. The molecule has 5 nitrogen and oxygen atoms in total. The maximum absolute atomic E-state index is 12.2. The van der Waals surface area contributed by atoms with Crippen LogP contribution in [0.3, 0.4) is 0 Å². The quantitative estimate of drug-likeness (QED) is 0.727. The second-order valence-electron chi connectivity index (χ2n) is 6.46. The Bertz CT molecular complexity index is 870. The molecule has 5 heteroatoms. The summed E-state index contributed by atoms with van der Waals surface area (Å²) in [6, 6.07) is 16.1. The van der Waals surface area contributed by atoms with E-state index < -0.39 is 0 Å². The standard InChI is InChI=1S/C20H21N3O2/c1-25-18-9-5-2-6-13(18)14-12-17(14)23-20(24)11-10-19-21-15-7-3-4-8-16(15)22-19/h2-9,14,17H,10-12H2,1H3,(H,21,22)(H,23,24)/t14-,17-/m0/s1. The molecule has 1 saturated carbocycles. The summed E-state index contributed by atoms with van der Waals surface area (Å²) >= 11 is 0. The number of para-hydroxylation sites is 3. The fourth-order valence-corrected chi connectivity index (χ4v) is 3.31. The van der Waals surface area contributed by atoms with E-state index >= 15 is 0 Å². The van der Waals surface area contributed by atoms with E-state index in [1.165, 1.54) is 5.56 Å². The van der Waals surface area contributed by atoms with Crippen LogP contribution in [0.1, 0.15) is 30.1 Å². The molecule has 0 unspecified atom stereocenters. The van der Waals surface area contributed by atoms with Crippen molar-refractivity contribution in [1.29, 1.82) is 0 Å². The molecular formula is C20H21N3O2. The van der Waals surface area contributed by atoms with Crippen molar-refractivity contribution in [3.63, 3.8) is 0 Å². The lowest BCUT2D eigenvalue weighted by molar-refractivity contribution is -0.121. The number of aryl methyl sites for hydroxylation is 1. The third-order valence-electron chi connectivity index (χ3n) is 4.70. The van der Waals surface area contributed by atoms with Crippen LogP contribution in [0.25, 0.3) is 11.0 Å². The molecule has 1 aromatic heterocycles. The molecule has 1 aliphatic rings. The third kappa shape index (κ3) is 3.36. The molecule has 1 aliphatic carbocycles. The number of fused-ring (bicyclic) bond motifs is 1. The lowest BCUT2D eigenvalue weighted by Gasteiger charge is -2.08. The van der Waals surface area contributed by atoms with Gasteiger partial charge in [0.1, 0.15) is 11.6 Å². The topological polar surface area (TPSA) is 67.0 Å². The molecule has 2 atom stereocenters. The van der Waals surface area contributed by atoms with Crippen molar-refractivity contribution in [3.05, 3.63) is 59.9 Å². The fraction of sp³-hybridized carbons (Fsp3) is 0.300. The monoisotopic (exact) mass is 335 g/mol. The Balaban J connectivity index is 1.31. The van der Waals surface area contributed by atoms with Crippen molar-refractivity contribution in [3.8, 4) is 5.75 Å². The molecule has 1 fully saturated rings. The van der Waals surface area contributed by atoms with Gasteiger partial charge in [0, 0.05) is 24.8 Å². The van der Waals surface area contributed by atoms with Gasteiger partial charge < -0.3 is 15.0 Å². The van der Waals surface area contributed by atoms with Gasteiger partial charge >= 0.3 is 0 Å². The van der Waals surface area contributed by atoms with Gasteiger partial charge in [-0.3, -0.25) is 4.79 Å². The van der Waals surface area contributed by atoms with E-state index in [1.807, 2.05) is 42.5 Å². The Hall–Kier alpha value is -2.82. The van der Waals surface area contributed by atoms with Crippen molar-refractivity contribution in [2.24, 2.45) is 0 Å². The smallest absolute Gasteiger partial charge is 0.220 e. The summed E-state index contributed by atoms with van der Waals surface area (Å²) in [5, 5.41) is 3.12. The first-order chi connectivity index (χ1) is 12.2. The Labute approximate surface area is 146 Å². The molecule has 25 heavy (non-hydrogen) atoms. The summed E-state index contributed by atoms with van der Waals surface area (Å²) < 4.78 is 5.41. The van der Waals surface area contributed by atoms with Gasteiger partial charge in [-0.15, -0.1) is 0 Å². The lowest BCUT2D eigenvalue weighted by Crippen LogP contribution is -2.26. The number of hydrogen-bond acceptors (Lipinski definition) is 3. The van der Waals surface area contributed by atoms with Gasteiger partial charge in [0.05, 0.1) is 18.1 Å². The predicted octanol–water partition coefficient (Wildman–Crippen LogP) is 3.18. The minimum atomic E-state index is 0.0721. The van der Waals surface area contributed by atoms with Crippen molar-refractivity contribution in [2.45, 2.75) is 31.2 Å². The maximum atomic E-state index is 12.2. The molecule has 128 valence electrons. The van der Waals surface area contributed by atoms with Crippen LogP contribution in [0.15, 0.2) is 48.5 Å². The molecule has 0 radical (unpaired) electrons. The number of nitrogens with one attached hydrogen (secondary N) is 2. The molecule has 3 aromatic rings. The van der Waals surface area contributed by atoms with Crippen molar-refractivity contribution in [1.82, 2.24) is 15.3 Å². The largest absolute Gasteiger partial charge is 0.496 e. The number of imidazole rings is 1. The van der Waals surface area contributed by atoms with Crippen LogP contribution in [-0.4, -0.2) is 29.0 Å². The van der Waals surface area contributed by atoms with E-state index in [0.717, 1.165) is 29.0 Å². The Morgan fingerprint density at radius 2 is 2.04 bits per heavy atom. The summed E-state index contributed by atoms with van der Waals surface area (Å²) in [7, 11) is 1.68. The first-order valence-corrected chi connectivity index (χ1v) is 8.60. The molecule has 4 rings (SSSR count). The van der Waals surface area contributed by atoms with Gasteiger partial charge in [0.15, 0.2) is 0 Å². The molecule has 0 saturated heterocycles. The average molecular weight is 335 g/mol. The number of aromatic nitrogens is 2. The van der Waals surface area contributed by atoms with E-state index in [2.05, 4.69) is 21.4 Å². The first-order valence-electron chi connectivity index (χ1n) is 8.60. The zero-order valence-electron chi connectivity index (χ0n) is 14.2. The molecule has 0 bridgehead atoms. The van der Waals surface area contributed by atoms with Crippen molar-refractivity contribution < 1.29 is 9.53 Å². The molecule has 1 amide bonds. The van der Waals surface area contributed by atoms with Crippen LogP contribution in [0.5, 0.6) is 5.75 Å². The third-order valence-corrected chi connectivity index (χ3v) is 4.70. The van der Waals surface area contributed by atoms with E-state index in [0.29, 0.717) is 18.8 Å². The van der Waals surface area contributed by atoms with Crippen LogP contribution >= 0.6 is 0 Å². The molecule has 2 aromatic carbocycles. The number of rotatable bonds is 6. The SMILES string of the molecule is COc1ccccc1[C@@H]1C[C@@H]1NC(=O)CCc1nc2ccccc2[nH]1. The number of ether oxygens (including phenoxy) is 1. The molecular weight excluding hydrogens is 314 g/mol. The normalized spacial score (nSPS) is 18.9. The molecule has 0 spiro atoms. The lowest BCUT2D eigenvalue weighted by atomic mass is 10.1. The molecule has 1 heterocycles. The Morgan fingerprint density at radius 1 is 1.24 bits per heavy atom. The van der Waals surface area contributed by atoms with Crippen LogP contribution in [0.2, 0.25) is 0 Å². The first kappa shape index (κ1) is 15.7. The maximum Gasteiger partial charge on any atom is 0.220 e. The molecule has 0 aliphatic heterocycles. The minimum Gasteiger partial charge on any atom is -0.496 e. The number of H-pyrrole nitrogens is 1. The summed E-state index contributed by atoms with van der Waals surface area (Å²) in [6.45, 7) is 0. The number of benzene rings is 2. The Kier molecular flexibility index (Phi) is 4.14. The van der Waals surface area contributed by atoms with Crippen molar-refractivity contribution >= 4 is 16.9 Å².